The summed E-state index contributed by atoms with van der Waals surface area (Å²) in [6, 6.07) is 6.45. The molecule has 0 unspecified atom stereocenters. The number of nitrogens with one attached hydrogen (secondary N) is 1. The van der Waals surface area contributed by atoms with Gasteiger partial charge in [0.25, 0.3) is 0 Å². The number of benzene rings is 1. The average molecular weight is 309 g/mol. The molecule has 1 N–H and O–H groups in total. The second kappa shape index (κ2) is 6.16. The van der Waals surface area contributed by atoms with Gasteiger partial charge in [0, 0.05) is 44.3 Å². The molecule has 23 heavy (non-hydrogen) atoms. The van der Waals surface area contributed by atoms with Gasteiger partial charge in [0.05, 0.1) is 11.7 Å². The van der Waals surface area contributed by atoms with Gasteiger partial charge in [0.1, 0.15) is 5.82 Å². The highest BCUT2D eigenvalue weighted by Crippen LogP contribution is 2.23. The predicted octanol–water partition coefficient (Wildman–Crippen LogP) is 2.75. The zero-order valence-corrected chi connectivity index (χ0v) is 13.6. The van der Waals surface area contributed by atoms with Gasteiger partial charge in [-0.2, -0.15) is 5.10 Å². The summed E-state index contributed by atoms with van der Waals surface area (Å²) >= 11 is 0. The molecule has 1 fully saturated rings. The van der Waals surface area contributed by atoms with Crippen molar-refractivity contribution < 1.29 is 0 Å². The number of hydrogen-bond acceptors (Lipinski definition) is 3. The fourth-order valence-electron chi connectivity index (χ4n) is 3.72. The Bertz CT molecular complexity index is 787. The third kappa shape index (κ3) is 3.01. The number of aromatic amines is 1. The van der Waals surface area contributed by atoms with Crippen LogP contribution >= 0.6 is 0 Å². The molecule has 0 aliphatic carbocycles. The Hall–Kier alpha value is -2.14. The van der Waals surface area contributed by atoms with E-state index < -0.39 is 0 Å². The lowest BCUT2D eigenvalue weighted by atomic mass is 9.94. The number of likely N-dealkylation sites (tertiary alicyclic amines) is 1. The van der Waals surface area contributed by atoms with Crippen LogP contribution in [0.15, 0.2) is 36.8 Å². The molecule has 0 saturated carbocycles. The fourth-order valence-corrected chi connectivity index (χ4v) is 3.72. The first-order chi connectivity index (χ1) is 11.3. The van der Waals surface area contributed by atoms with Crippen LogP contribution in [0.3, 0.4) is 0 Å². The minimum Gasteiger partial charge on any atom is -0.338 e. The van der Waals surface area contributed by atoms with Gasteiger partial charge in [-0.05, 0) is 30.9 Å². The average Bonchev–Trinajstić information content (AvgIpc) is 3.18. The van der Waals surface area contributed by atoms with Crippen LogP contribution in [0.5, 0.6) is 0 Å². The maximum absolute atomic E-state index is 4.48. The minimum absolute atomic E-state index is 0.700. The number of H-pyrrole nitrogens is 1. The second-order valence-corrected chi connectivity index (χ2v) is 6.65. The first-order valence-corrected chi connectivity index (χ1v) is 8.39. The first kappa shape index (κ1) is 14.5. The summed E-state index contributed by atoms with van der Waals surface area (Å²) in [7, 11) is 2.09. The van der Waals surface area contributed by atoms with E-state index in [0.717, 1.165) is 19.5 Å². The van der Waals surface area contributed by atoms with E-state index in [0.29, 0.717) is 5.92 Å². The van der Waals surface area contributed by atoms with Crippen molar-refractivity contribution in [3.05, 3.63) is 48.2 Å². The Labute approximate surface area is 136 Å². The quantitative estimate of drug-likeness (QED) is 0.806. The van der Waals surface area contributed by atoms with Crippen LogP contribution in [0.25, 0.3) is 10.9 Å². The Balaban J connectivity index is 1.45. The topological polar surface area (TPSA) is 49.7 Å². The monoisotopic (exact) mass is 309 g/mol. The molecule has 3 heterocycles. The molecular formula is C18H23N5. The van der Waals surface area contributed by atoms with E-state index in [1.807, 2.05) is 18.6 Å². The molecule has 0 radical (unpaired) electrons. The number of imidazole rings is 1. The molecule has 5 nitrogen and oxygen atoms in total. The molecule has 2 aromatic heterocycles. The third-order valence-corrected chi connectivity index (χ3v) is 4.95. The molecule has 1 aromatic carbocycles. The van der Waals surface area contributed by atoms with Crippen molar-refractivity contribution >= 4 is 10.9 Å². The molecule has 5 heteroatoms. The lowest BCUT2D eigenvalue weighted by molar-refractivity contribution is 0.166. The third-order valence-electron chi connectivity index (χ3n) is 4.95. The molecule has 0 spiro atoms. The molecule has 1 aliphatic heterocycles. The number of aryl methyl sites for hydroxylation is 1. The summed E-state index contributed by atoms with van der Waals surface area (Å²) in [5, 5.41) is 8.52. The van der Waals surface area contributed by atoms with Crippen molar-refractivity contribution in [3.63, 3.8) is 0 Å². The van der Waals surface area contributed by atoms with E-state index >= 15 is 0 Å². The normalized spacial score (nSPS) is 19.4. The van der Waals surface area contributed by atoms with Gasteiger partial charge in [-0.25, -0.2) is 4.98 Å². The Kier molecular flexibility index (Phi) is 3.87. The zero-order valence-electron chi connectivity index (χ0n) is 13.6. The van der Waals surface area contributed by atoms with Gasteiger partial charge in [0.2, 0.25) is 0 Å². The standard InChI is InChI=1S/C18H23N5/c1-22-9-7-19-17(22)10-14-4-3-8-23(12-14)13-16-6-2-5-15-11-20-21-18(15)16/h2,5-7,9,11,14H,3-4,8,10,12-13H2,1H3,(H,20,21)/t14-/m1/s1. The molecular weight excluding hydrogens is 286 g/mol. The van der Waals surface area contributed by atoms with Gasteiger partial charge >= 0.3 is 0 Å². The smallest absolute Gasteiger partial charge is 0.108 e. The maximum atomic E-state index is 4.48. The molecule has 0 bridgehead atoms. The Morgan fingerprint density at radius 3 is 3.17 bits per heavy atom. The molecule has 0 amide bonds. The van der Waals surface area contributed by atoms with E-state index in [1.54, 1.807) is 0 Å². The number of fused-ring (bicyclic) bond motifs is 1. The molecule has 1 saturated heterocycles. The number of hydrogen-bond donors (Lipinski definition) is 1. The molecule has 3 aromatic rings. The van der Waals surface area contributed by atoms with Gasteiger partial charge in [-0.3, -0.25) is 10.00 Å². The Morgan fingerprint density at radius 1 is 1.35 bits per heavy atom. The van der Waals surface area contributed by atoms with Crippen molar-refractivity contribution in [2.75, 3.05) is 13.1 Å². The number of rotatable bonds is 4. The summed E-state index contributed by atoms with van der Waals surface area (Å²) in [6.45, 7) is 3.33. The number of aromatic nitrogens is 4. The van der Waals surface area contributed by atoms with Crippen molar-refractivity contribution in [3.8, 4) is 0 Å². The van der Waals surface area contributed by atoms with Crippen LogP contribution in [0.4, 0.5) is 0 Å². The SMILES string of the molecule is Cn1ccnc1C[C@H]1CCCN(Cc2cccc3cn[nH]c23)C1. The lowest BCUT2D eigenvalue weighted by Crippen LogP contribution is -2.36. The van der Waals surface area contributed by atoms with Crippen LogP contribution in [0.2, 0.25) is 0 Å². The molecule has 4 rings (SSSR count). The fraction of sp³-hybridized carbons (Fsp3) is 0.444. The highest BCUT2D eigenvalue weighted by Gasteiger charge is 2.22. The first-order valence-electron chi connectivity index (χ1n) is 8.39. The summed E-state index contributed by atoms with van der Waals surface area (Å²) in [5.74, 6) is 1.90. The van der Waals surface area contributed by atoms with E-state index in [4.69, 9.17) is 0 Å². The van der Waals surface area contributed by atoms with Gasteiger partial charge in [-0.15, -0.1) is 0 Å². The molecule has 120 valence electrons. The lowest BCUT2D eigenvalue weighted by Gasteiger charge is -2.32. The highest BCUT2D eigenvalue weighted by atomic mass is 15.1. The number of nitrogens with zero attached hydrogens (tertiary/aromatic N) is 4. The van der Waals surface area contributed by atoms with Crippen LogP contribution in [-0.4, -0.2) is 37.7 Å². The predicted molar refractivity (Wildman–Crippen MR) is 91.0 cm³/mol. The van der Waals surface area contributed by atoms with Crippen molar-refractivity contribution in [1.82, 2.24) is 24.6 Å². The Morgan fingerprint density at radius 2 is 2.30 bits per heavy atom. The summed E-state index contributed by atoms with van der Waals surface area (Å²) in [5.41, 5.74) is 2.52. The highest BCUT2D eigenvalue weighted by molar-refractivity contribution is 5.81. The number of piperidine rings is 1. The van der Waals surface area contributed by atoms with Crippen LogP contribution in [0, 0.1) is 5.92 Å². The van der Waals surface area contributed by atoms with Gasteiger partial charge in [0.15, 0.2) is 0 Å². The van der Waals surface area contributed by atoms with Gasteiger partial charge < -0.3 is 4.57 Å². The molecule has 1 aliphatic rings. The van der Waals surface area contributed by atoms with Crippen molar-refractivity contribution in [2.45, 2.75) is 25.8 Å². The minimum atomic E-state index is 0.700. The van der Waals surface area contributed by atoms with Crippen LogP contribution in [0.1, 0.15) is 24.2 Å². The molecule has 1 atom stereocenters. The van der Waals surface area contributed by atoms with Crippen molar-refractivity contribution in [1.29, 1.82) is 0 Å². The van der Waals surface area contributed by atoms with Gasteiger partial charge in [-0.1, -0.05) is 18.2 Å². The zero-order chi connectivity index (χ0) is 15.6. The van der Waals surface area contributed by atoms with Crippen molar-refractivity contribution in [2.24, 2.45) is 13.0 Å². The second-order valence-electron chi connectivity index (χ2n) is 6.65. The van der Waals surface area contributed by atoms with Crippen LogP contribution in [-0.2, 0) is 20.0 Å². The van der Waals surface area contributed by atoms with E-state index in [9.17, 15) is 0 Å². The van der Waals surface area contributed by atoms with E-state index in [-0.39, 0.29) is 0 Å². The maximum Gasteiger partial charge on any atom is 0.108 e. The van der Waals surface area contributed by atoms with E-state index in [1.165, 1.54) is 41.7 Å². The van der Waals surface area contributed by atoms with Crippen LogP contribution < -0.4 is 0 Å². The summed E-state index contributed by atoms with van der Waals surface area (Å²) < 4.78 is 2.14. The van der Waals surface area contributed by atoms with E-state index in [2.05, 4.69) is 49.9 Å². The number of para-hydroxylation sites is 1. The summed E-state index contributed by atoms with van der Waals surface area (Å²) in [4.78, 5) is 7.06. The largest absolute Gasteiger partial charge is 0.338 e. The summed E-state index contributed by atoms with van der Waals surface area (Å²) in [6.07, 6.45) is 9.49.